The number of aromatic carboxylic acids is 1. The van der Waals surface area contributed by atoms with Gasteiger partial charge in [-0.05, 0) is 18.2 Å². The average Bonchev–Trinajstić information content (AvgIpc) is 2.77. The Morgan fingerprint density at radius 3 is 2.67 bits per heavy atom. The summed E-state index contributed by atoms with van der Waals surface area (Å²) >= 11 is 3.18. The van der Waals surface area contributed by atoms with Gasteiger partial charge >= 0.3 is 5.97 Å². The van der Waals surface area contributed by atoms with Crippen molar-refractivity contribution in [2.75, 3.05) is 0 Å². The number of hydrogen-bond acceptors (Lipinski definition) is 2. The van der Waals surface area contributed by atoms with Gasteiger partial charge in [0.1, 0.15) is 5.69 Å². The predicted octanol–water partition coefficient (Wildman–Crippen LogP) is 3.48. The first-order chi connectivity index (χ1) is 8.49. The van der Waals surface area contributed by atoms with E-state index >= 15 is 0 Å². The fraction of sp³-hybridized carbons (Fsp3) is 0.0909. The molecule has 0 fully saturated rings. The van der Waals surface area contributed by atoms with Crippen LogP contribution in [0.2, 0.25) is 0 Å². The highest BCUT2D eigenvalue weighted by Crippen LogP contribution is 2.32. The Kier molecular flexibility index (Phi) is 3.42. The van der Waals surface area contributed by atoms with E-state index in [4.69, 9.17) is 5.11 Å². The van der Waals surface area contributed by atoms with Gasteiger partial charge in [0.15, 0.2) is 0 Å². The molecule has 0 aliphatic heterocycles. The molecule has 2 aromatic rings. The number of nitrogens with one attached hydrogen (secondary N) is 1. The van der Waals surface area contributed by atoms with Crippen LogP contribution in [0.15, 0.2) is 28.7 Å². The van der Waals surface area contributed by atoms with Crippen LogP contribution in [-0.2, 0) is 0 Å². The summed E-state index contributed by atoms with van der Waals surface area (Å²) in [7, 11) is 0. The quantitative estimate of drug-likeness (QED) is 0.911. The second-order valence-electron chi connectivity index (χ2n) is 3.50. The molecule has 1 aromatic carbocycles. The van der Waals surface area contributed by atoms with Gasteiger partial charge in [0, 0.05) is 15.6 Å². The number of aromatic nitrogens is 2. The molecule has 7 heteroatoms. The normalized spacial score (nSPS) is 10.9. The summed E-state index contributed by atoms with van der Waals surface area (Å²) in [5, 5.41) is 14.8. The molecule has 0 amide bonds. The number of aromatic amines is 1. The zero-order chi connectivity index (χ0) is 13.3. The minimum atomic E-state index is -2.65. The van der Waals surface area contributed by atoms with Crippen LogP contribution in [-0.4, -0.2) is 21.3 Å². The molecule has 2 rings (SSSR count). The first-order valence-electron chi connectivity index (χ1n) is 4.85. The zero-order valence-electron chi connectivity index (χ0n) is 8.82. The van der Waals surface area contributed by atoms with E-state index in [0.29, 0.717) is 4.47 Å². The Balaban J connectivity index is 2.54. The molecule has 0 radical (unpaired) electrons. The Labute approximate surface area is 109 Å². The molecule has 0 aliphatic carbocycles. The maximum Gasteiger partial charge on any atom is 0.353 e. The van der Waals surface area contributed by atoms with Gasteiger partial charge in [0.2, 0.25) is 0 Å². The number of benzene rings is 1. The van der Waals surface area contributed by atoms with Crippen LogP contribution in [0.3, 0.4) is 0 Å². The van der Waals surface area contributed by atoms with Crippen molar-refractivity contribution in [3.8, 4) is 11.3 Å². The molecule has 0 spiro atoms. The standard InChI is InChI=1S/C11H7BrF2N2O2/c12-5-1-2-6(10(13)14)7(3-5)8-4-9(11(17)18)16-15-8/h1-4,10H,(H,15,16)(H,17,18). The highest BCUT2D eigenvalue weighted by atomic mass is 79.9. The van der Waals surface area contributed by atoms with Crippen molar-refractivity contribution in [2.45, 2.75) is 6.43 Å². The lowest BCUT2D eigenvalue weighted by atomic mass is 10.0. The number of carboxylic acids is 1. The van der Waals surface area contributed by atoms with Gasteiger partial charge in [-0.2, -0.15) is 5.10 Å². The molecule has 0 bridgehead atoms. The lowest BCUT2D eigenvalue weighted by Crippen LogP contribution is -1.95. The molecule has 18 heavy (non-hydrogen) atoms. The maximum absolute atomic E-state index is 12.8. The highest BCUT2D eigenvalue weighted by molar-refractivity contribution is 9.10. The van der Waals surface area contributed by atoms with Crippen molar-refractivity contribution in [2.24, 2.45) is 0 Å². The Morgan fingerprint density at radius 2 is 2.11 bits per heavy atom. The van der Waals surface area contributed by atoms with Gasteiger partial charge in [-0.1, -0.05) is 22.0 Å². The first-order valence-corrected chi connectivity index (χ1v) is 5.65. The lowest BCUT2D eigenvalue weighted by molar-refractivity contribution is 0.0690. The molecular formula is C11H7BrF2N2O2. The predicted molar refractivity (Wildman–Crippen MR) is 63.6 cm³/mol. The van der Waals surface area contributed by atoms with Crippen LogP contribution in [0.4, 0.5) is 8.78 Å². The molecule has 1 aromatic heterocycles. The molecular weight excluding hydrogens is 310 g/mol. The molecule has 1 heterocycles. The maximum atomic E-state index is 12.8. The third-order valence-corrected chi connectivity index (χ3v) is 2.83. The van der Waals surface area contributed by atoms with Gasteiger partial charge in [-0.15, -0.1) is 0 Å². The van der Waals surface area contributed by atoms with Gasteiger partial charge < -0.3 is 5.11 Å². The fourth-order valence-corrected chi connectivity index (χ4v) is 1.87. The SMILES string of the molecule is O=C(O)c1cc(-c2cc(Br)ccc2C(F)F)n[nH]1. The number of hydrogen-bond donors (Lipinski definition) is 2. The van der Waals surface area contributed by atoms with Crippen LogP contribution in [0, 0.1) is 0 Å². The van der Waals surface area contributed by atoms with Crippen molar-refractivity contribution < 1.29 is 18.7 Å². The second-order valence-corrected chi connectivity index (χ2v) is 4.42. The van der Waals surface area contributed by atoms with Crippen LogP contribution >= 0.6 is 15.9 Å². The first kappa shape index (κ1) is 12.7. The molecule has 0 saturated carbocycles. The Hall–Kier alpha value is -1.76. The third kappa shape index (κ3) is 2.40. The summed E-state index contributed by atoms with van der Waals surface area (Å²) < 4.78 is 26.3. The van der Waals surface area contributed by atoms with Crippen molar-refractivity contribution >= 4 is 21.9 Å². The highest BCUT2D eigenvalue weighted by Gasteiger charge is 2.17. The van der Waals surface area contributed by atoms with E-state index in [1.54, 1.807) is 0 Å². The van der Waals surface area contributed by atoms with Crippen molar-refractivity contribution in [3.05, 3.63) is 40.0 Å². The largest absolute Gasteiger partial charge is 0.477 e. The van der Waals surface area contributed by atoms with Crippen molar-refractivity contribution in [1.82, 2.24) is 10.2 Å². The number of halogens is 3. The van der Waals surface area contributed by atoms with E-state index in [-0.39, 0.29) is 22.5 Å². The molecule has 94 valence electrons. The van der Waals surface area contributed by atoms with Gasteiger partial charge in [0.05, 0.1) is 5.69 Å². The number of alkyl halides is 2. The zero-order valence-corrected chi connectivity index (χ0v) is 10.4. The summed E-state index contributed by atoms with van der Waals surface area (Å²) in [4.78, 5) is 10.7. The molecule has 0 unspecified atom stereocenters. The number of carbonyl (C=O) groups is 1. The van der Waals surface area contributed by atoms with Crippen LogP contribution < -0.4 is 0 Å². The molecule has 4 nitrogen and oxygen atoms in total. The van der Waals surface area contributed by atoms with Gasteiger partial charge in [-0.25, -0.2) is 13.6 Å². The Morgan fingerprint density at radius 1 is 1.39 bits per heavy atom. The third-order valence-electron chi connectivity index (χ3n) is 2.33. The van der Waals surface area contributed by atoms with Gasteiger partial charge in [-0.3, -0.25) is 5.10 Å². The molecule has 0 atom stereocenters. The van der Waals surface area contributed by atoms with Crippen LogP contribution in [0.25, 0.3) is 11.3 Å². The fourth-order valence-electron chi connectivity index (χ4n) is 1.51. The smallest absolute Gasteiger partial charge is 0.353 e. The number of carboxylic acid groups (broad SMARTS) is 1. The summed E-state index contributed by atoms with van der Waals surface area (Å²) in [5.74, 6) is -1.19. The van der Waals surface area contributed by atoms with E-state index in [9.17, 15) is 13.6 Å². The van der Waals surface area contributed by atoms with Crippen LogP contribution in [0.1, 0.15) is 22.5 Å². The lowest BCUT2D eigenvalue weighted by Gasteiger charge is -2.06. The minimum absolute atomic E-state index is 0.148. The molecule has 0 saturated heterocycles. The summed E-state index contributed by atoms with van der Waals surface area (Å²) in [6, 6.07) is 5.47. The molecule has 2 N–H and O–H groups in total. The van der Waals surface area contributed by atoms with E-state index in [1.807, 2.05) is 0 Å². The number of H-pyrrole nitrogens is 1. The number of nitrogens with zero attached hydrogens (tertiary/aromatic N) is 1. The average molecular weight is 317 g/mol. The minimum Gasteiger partial charge on any atom is -0.477 e. The van der Waals surface area contributed by atoms with E-state index in [0.717, 1.165) is 0 Å². The van der Waals surface area contributed by atoms with Crippen LogP contribution in [0.5, 0.6) is 0 Å². The monoisotopic (exact) mass is 316 g/mol. The summed E-state index contributed by atoms with van der Waals surface area (Å²) in [6.07, 6.45) is -2.65. The topological polar surface area (TPSA) is 66.0 Å². The van der Waals surface area contributed by atoms with Gasteiger partial charge in [0.25, 0.3) is 6.43 Å². The van der Waals surface area contributed by atoms with E-state index in [2.05, 4.69) is 26.1 Å². The molecule has 0 aliphatic rings. The van der Waals surface area contributed by atoms with Crippen molar-refractivity contribution in [1.29, 1.82) is 0 Å². The second kappa shape index (κ2) is 4.85. The van der Waals surface area contributed by atoms with E-state index < -0.39 is 12.4 Å². The van der Waals surface area contributed by atoms with Crippen molar-refractivity contribution in [3.63, 3.8) is 0 Å². The number of rotatable bonds is 3. The van der Waals surface area contributed by atoms with E-state index in [1.165, 1.54) is 24.3 Å². The summed E-state index contributed by atoms with van der Waals surface area (Å²) in [5.41, 5.74) is 0.0268. The Bertz CT molecular complexity index is 598. The summed E-state index contributed by atoms with van der Waals surface area (Å²) in [6.45, 7) is 0.